The van der Waals surface area contributed by atoms with E-state index in [1.165, 1.54) is 17.0 Å². The third-order valence-corrected chi connectivity index (χ3v) is 4.94. The zero-order chi connectivity index (χ0) is 16.2. The van der Waals surface area contributed by atoms with Crippen LogP contribution in [0.5, 0.6) is 0 Å². The van der Waals surface area contributed by atoms with Crippen LogP contribution in [0.3, 0.4) is 0 Å². The Morgan fingerprint density at radius 2 is 2.00 bits per heavy atom. The minimum atomic E-state index is 0.136. The summed E-state index contributed by atoms with van der Waals surface area (Å²) in [6.07, 6.45) is 8.85. The van der Waals surface area contributed by atoms with Gasteiger partial charge in [0.2, 0.25) is 0 Å². The molecule has 118 valence electrons. The first kappa shape index (κ1) is 14.3. The number of allylic oxidation sites excluding steroid dienone is 2. The van der Waals surface area contributed by atoms with Gasteiger partial charge in [-0.1, -0.05) is 6.08 Å². The van der Waals surface area contributed by atoms with Crippen LogP contribution in [-0.2, 0) is 0 Å². The number of benzene rings is 1. The van der Waals surface area contributed by atoms with Crippen molar-refractivity contribution in [2.75, 3.05) is 19.8 Å². The van der Waals surface area contributed by atoms with Gasteiger partial charge in [0, 0.05) is 34.3 Å². The number of rotatable bonds is 1. The third kappa shape index (κ3) is 2.22. The lowest BCUT2D eigenvalue weighted by atomic mass is 10.1. The van der Waals surface area contributed by atoms with Gasteiger partial charge in [-0.3, -0.25) is 4.48 Å². The van der Waals surface area contributed by atoms with Crippen LogP contribution in [0.4, 0.5) is 5.69 Å². The minimum Gasteiger partial charge on any atom is -0.399 e. The maximum absolute atomic E-state index is 6.17. The van der Waals surface area contributed by atoms with Gasteiger partial charge in [0.05, 0.1) is 14.1 Å². The van der Waals surface area contributed by atoms with Crippen molar-refractivity contribution < 1.29 is 4.48 Å². The Kier molecular flexibility index (Phi) is 3.01. The summed E-state index contributed by atoms with van der Waals surface area (Å²) in [5, 5.41) is 1.15. The molecular formula is C19H23N4+. The smallest absolute Gasteiger partial charge is 0.162 e. The summed E-state index contributed by atoms with van der Waals surface area (Å²) in [5.74, 6) is 0. The number of fused-ring (bicyclic) bond motifs is 2. The molecule has 2 heterocycles. The lowest BCUT2D eigenvalue weighted by Crippen LogP contribution is -2.33. The molecule has 0 radical (unpaired) electrons. The van der Waals surface area contributed by atoms with E-state index in [0.717, 1.165) is 39.6 Å². The van der Waals surface area contributed by atoms with Gasteiger partial charge in [0.1, 0.15) is 11.4 Å². The topological polar surface area (TPSA) is 67.8 Å². The lowest BCUT2D eigenvalue weighted by Gasteiger charge is -2.27. The number of aromatic nitrogens is 1. The van der Waals surface area contributed by atoms with E-state index >= 15 is 0 Å². The van der Waals surface area contributed by atoms with Gasteiger partial charge in [-0.2, -0.15) is 0 Å². The monoisotopic (exact) mass is 307 g/mol. The number of hydrogen-bond acceptors (Lipinski definition) is 2. The maximum Gasteiger partial charge on any atom is 0.162 e. The van der Waals surface area contributed by atoms with E-state index in [1.807, 2.05) is 18.2 Å². The van der Waals surface area contributed by atoms with Crippen LogP contribution in [0.2, 0.25) is 0 Å². The lowest BCUT2D eigenvalue weighted by molar-refractivity contribution is -0.771. The van der Waals surface area contributed by atoms with E-state index in [4.69, 9.17) is 11.5 Å². The molecule has 4 rings (SSSR count). The largest absolute Gasteiger partial charge is 0.399 e. The molecule has 23 heavy (non-hydrogen) atoms. The van der Waals surface area contributed by atoms with Crippen LogP contribution in [0.1, 0.15) is 18.5 Å². The van der Waals surface area contributed by atoms with Crippen LogP contribution < -0.4 is 11.5 Å². The molecule has 4 heteroatoms. The Balaban J connectivity index is 1.86. The quantitative estimate of drug-likeness (QED) is 0.560. The van der Waals surface area contributed by atoms with Crippen LogP contribution in [0.25, 0.3) is 16.6 Å². The molecule has 0 fully saturated rings. The molecule has 0 saturated heterocycles. The summed E-state index contributed by atoms with van der Waals surface area (Å²) < 4.78 is 0.737. The van der Waals surface area contributed by atoms with Crippen molar-refractivity contribution >= 4 is 22.3 Å². The van der Waals surface area contributed by atoms with Gasteiger partial charge in [-0.25, -0.2) is 0 Å². The van der Waals surface area contributed by atoms with Crippen LogP contribution in [-0.4, -0.2) is 29.6 Å². The predicted molar refractivity (Wildman–Crippen MR) is 96.2 cm³/mol. The fourth-order valence-corrected chi connectivity index (χ4v) is 3.71. The Morgan fingerprint density at radius 1 is 1.17 bits per heavy atom. The first-order chi connectivity index (χ1) is 10.9. The molecule has 0 bridgehead atoms. The average Bonchev–Trinajstić information content (AvgIpc) is 2.91. The summed E-state index contributed by atoms with van der Waals surface area (Å²) in [5.41, 5.74) is 19.0. The number of likely N-dealkylation sites (N-methyl/N-ethyl adjacent to an activating group) is 1. The van der Waals surface area contributed by atoms with Crippen molar-refractivity contribution in [3.05, 3.63) is 59.5 Å². The number of quaternary nitrogens is 1. The van der Waals surface area contributed by atoms with Gasteiger partial charge in [-0.05, 0) is 43.2 Å². The zero-order valence-electron chi connectivity index (χ0n) is 13.6. The second kappa shape index (κ2) is 4.85. The van der Waals surface area contributed by atoms with Crippen LogP contribution in [0, 0.1) is 0 Å². The van der Waals surface area contributed by atoms with Crippen molar-refractivity contribution in [1.29, 1.82) is 0 Å². The molecular weight excluding hydrogens is 284 g/mol. The van der Waals surface area contributed by atoms with Gasteiger partial charge in [0.15, 0.2) is 5.70 Å². The molecule has 1 atom stereocenters. The van der Waals surface area contributed by atoms with Crippen molar-refractivity contribution in [2.24, 2.45) is 5.73 Å². The summed E-state index contributed by atoms with van der Waals surface area (Å²) in [7, 11) is 4.46. The number of hydrogen-bond donors (Lipinski definition) is 3. The molecule has 1 unspecified atom stereocenters. The third-order valence-electron chi connectivity index (χ3n) is 4.94. The first-order valence-corrected chi connectivity index (χ1v) is 8.08. The van der Waals surface area contributed by atoms with Crippen molar-refractivity contribution in [3.63, 3.8) is 0 Å². The van der Waals surface area contributed by atoms with Crippen molar-refractivity contribution in [1.82, 2.24) is 4.98 Å². The maximum atomic E-state index is 6.17. The number of nitrogens with zero attached hydrogens (tertiary/aromatic N) is 1. The van der Waals surface area contributed by atoms with E-state index in [9.17, 15) is 0 Å². The molecule has 0 spiro atoms. The second-order valence-electron chi connectivity index (χ2n) is 6.97. The molecule has 4 nitrogen and oxygen atoms in total. The molecule has 2 aromatic rings. The molecule has 1 aromatic carbocycles. The standard InChI is InChI=1S/C19H23N4/c1-23(2)18-5-3-4-14(20)9-13(18)11-19(23)17-10-12-8-15(21)6-7-16(12)22-17/h5-11,14,22H,3-4,20-21H2,1-2H3/q+1. The van der Waals surface area contributed by atoms with Gasteiger partial charge >= 0.3 is 0 Å². The number of anilines is 1. The predicted octanol–water partition coefficient (Wildman–Crippen LogP) is 3.11. The van der Waals surface area contributed by atoms with Gasteiger partial charge in [-0.15, -0.1) is 0 Å². The molecule has 1 aromatic heterocycles. The molecule has 0 saturated carbocycles. The Bertz CT molecular complexity index is 880. The summed E-state index contributed by atoms with van der Waals surface area (Å²) in [4.78, 5) is 3.53. The van der Waals surface area contributed by atoms with E-state index in [-0.39, 0.29) is 6.04 Å². The van der Waals surface area contributed by atoms with E-state index < -0.39 is 0 Å². The number of aromatic amines is 1. The van der Waals surface area contributed by atoms with Crippen molar-refractivity contribution in [3.8, 4) is 0 Å². The Labute approximate surface area is 136 Å². The highest BCUT2D eigenvalue weighted by molar-refractivity contribution is 5.87. The summed E-state index contributed by atoms with van der Waals surface area (Å²) >= 11 is 0. The fraction of sp³-hybridized carbons (Fsp3) is 0.263. The first-order valence-electron chi connectivity index (χ1n) is 8.08. The zero-order valence-corrected chi connectivity index (χ0v) is 13.6. The SMILES string of the molecule is C[N+]1(C)C2=CCCC(N)C=C2C=C1c1cc2cc(N)ccc2[nH]1. The highest BCUT2D eigenvalue weighted by Crippen LogP contribution is 2.42. The van der Waals surface area contributed by atoms with Gasteiger partial charge in [0.25, 0.3) is 0 Å². The average molecular weight is 307 g/mol. The fourth-order valence-electron chi connectivity index (χ4n) is 3.71. The molecule has 0 amide bonds. The molecule has 1 aliphatic carbocycles. The number of nitrogen functional groups attached to an aromatic ring is 1. The van der Waals surface area contributed by atoms with Crippen LogP contribution >= 0.6 is 0 Å². The normalized spacial score (nSPS) is 23.1. The van der Waals surface area contributed by atoms with E-state index in [2.05, 4.69) is 43.4 Å². The number of nitrogens with one attached hydrogen (secondary N) is 1. The highest BCUT2D eigenvalue weighted by atomic mass is 15.3. The molecule has 2 aliphatic rings. The Morgan fingerprint density at radius 3 is 2.83 bits per heavy atom. The molecule has 1 aliphatic heterocycles. The van der Waals surface area contributed by atoms with Crippen molar-refractivity contribution in [2.45, 2.75) is 18.9 Å². The van der Waals surface area contributed by atoms with E-state index in [1.54, 1.807) is 0 Å². The Hall–Kier alpha value is -2.30. The summed E-state index contributed by atoms with van der Waals surface area (Å²) in [6.45, 7) is 0. The van der Waals surface area contributed by atoms with Gasteiger partial charge < -0.3 is 16.5 Å². The van der Waals surface area contributed by atoms with E-state index in [0.29, 0.717) is 0 Å². The highest BCUT2D eigenvalue weighted by Gasteiger charge is 2.38. The minimum absolute atomic E-state index is 0.136. The number of H-pyrrole nitrogens is 1. The molecule has 5 N–H and O–H groups in total. The van der Waals surface area contributed by atoms with Crippen LogP contribution in [0.15, 0.2) is 53.8 Å². The number of nitrogens with two attached hydrogens (primary N) is 2. The second-order valence-corrected chi connectivity index (χ2v) is 6.97. The summed E-state index contributed by atoms with van der Waals surface area (Å²) in [6, 6.07) is 8.30.